The predicted octanol–water partition coefficient (Wildman–Crippen LogP) is 13.2. The Hall–Kier alpha value is -2.48. The summed E-state index contributed by atoms with van der Waals surface area (Å²) in [5, 5.41) is 0. The Morgan fingerprint density at radius 3 is 0.711 bits per heavy atom. The van der Waals surface area contributed by atoms with Crippen molar-refractivity contribution in [2.45, 2.75) is 36.0 Å². The molecule has 0 aromatic carbocycles. The number of hydrogen-bond acceptors (Lipinski definition) is 5. The summed E-state index contributed by atoms with van der Waals surface area (Å²) in [5.41, 5.74) is 0. The van der Waals surface area contributed by atoms with E-state index in [0.717, 1.165) is 34.8 Å². The zero-order valence-corrected chi connectivity index (χ0v) is 25.2. The number of rotatable bonds is 8. The van der Waals surface area contributed by atoms with Crippen LogP contribution in [0.25, 0.3) is 39.0 Å². The van der Waals surface area contributed by atoms with Gasteiger partial charge in [0.25, 0.3) is 0 Å². The van der Waals surface area contributed by atoms with Gasteiger partial charge in [0, 0.05) is 39.0 Å². The zero-order chi connectivity index (χ0) is 33.4. The van der Waals surface area contributed by atoms with Crippen LogP contribution in [0.2, 0.25) is 0 Å². The molecule has 5 aromatic heterocycles. The maximum absolute atomic E-state index is 14.1. The number of halogens is 14. The highest BCUT2D eigenvalue weighted by Gasteiger charge is 2.75. The smallest absolute Gasteiger partial charge is 0.193 e. The average Bonchev–Trinajstić information content (AvgIpc) is 3.76. The van der Waals surface area contributed by atoms with Crippen molar-refractivity contribution >= 4 is 56.7 Å². The molecule has 19 heteroatoms. The van der Waals surface area contributed by atoms with Gasteiger partial charge in [0.05, 0.1) is 9.75 Å². The molecule has 0 unspecified atom stereocenters. The third-order valence-corrected chi connectivity index (χ3v) is 12.5. The van der Waals surface area contributed by atoms with Gasteiger partial charge in [0.2, 0.25) is 0 Å². The molecule has 0 aliphatic rings. The molecule has 0 fully saturated rings. The molecule has 0 radical (unpaired) electrons. The lowest BCUT2D eigenvalue weighted by Crippen LogP contribution is -2.49. The number of hydrogen-bond donors (Lipinski definition) is 0. The van der Waals surface area contributed by atoms with E-state index in [1.54, 1.807) is 24.3 Å². The summed E-state index contributed by atoms with van der Waals surface area (Å²) in [4.78, 5) is 0.273. The van der Waals surface area contributed by atoms with Crippen LogP contribution in [-0.2, 0) is 11.8 Å². The van der Waals surface area contributed by atoms with Crippen LogP contribution in [0, 0.1) is 0 Å². The lowest BCUT2D eigenvalue weighted by atomic mass is 10.1. The molecular weight excluding hydrogens is 739 g/mol. The first-order chi connectivity index (χ1) is 20.6. The molecular formula is C26H10F14S5. The van der Waals surface area contributed by atoms with Crippen LogP contribution < -0.4 is 0 Å². The Balaban J connectivity index is 1.34. The molecule has 0 spiro atoms. The van der Waals surface area contributed by atoms with Crippen LogP contribution in [-0.4, -0.2) is 24.2 Å². The number of thiophene rings is 5. The van der Waals surface area contributed by atoms with Crippen LogP contribution in [0.4, 0.5) is 61.5 Å². The topological polar surface area (TPSA) is 0 Å². The standard InChI is InChI=1S/C26H10F14S5/c27-21(28,23(31,32)25(35,36)37)19-9-7-17(44-19)15-5-3-13(42-15)11-1-2-12(41-11)14-4-6-16(43-14)18-8-10-20(45-18)22(29,30)24(33,34)26(38,39)40/h1-10H. The second-order valence-electron chi connectivity index (χ2n) is 9.11. The summed E-state index contributed by atoms with van der Waals surface area (Å²) in [6.07, 6.45) is -12.9. The molecule has 0 N–H and O–H groups in total. The van der Waals surface area contributed by atoms with Gasteiger partial charge in [-0.25, -0.2) is 0 Å². The molecule has 0 atom stereocenters. The van der Waals surface area contributed by atoms with Crippen molar-refractivity contribution in [2.75, 3.05) is 0 Å². The van der Waals surface area contributed by atoms with Crippen molar-refractivity contribution in [3.63, 3.8) is 0 Å². The summed E-state index contributed by atoms with van der Waals surface area (Å²) in [7, 11) is 0. The highest BCUT2D eigenvalue weighted by molar-refractivity contribution is 7.29. The third-order valence-electron chi connectivity index (χ3n) is 6.12. The first-order valence-corrected chi connectivity index (χ1v) is 15.8. The first-order valence-electron chi connectivity index (χ1n) is 11.7. The van der Waals surface area contributed by atoms with Gasteiger partial charge in [-0.1, -0.05) is 0 Å². The molecule has 0 saturated heterocycles. The van der Waals surface area contributed by atoms with Gasteiger partial charge in [-0.3, -0.25) is 0 Å². The van der Waals surface area contributed by atoms with Crippen molar-refractivity contribution in [1.82, 2.24) is 0 Å². The van der Waals surface area contributed by atoms with E-state index in [1.165, 1.54) is 23.5 Å². The summed E-state index contributed by atoms with van der Waals surface area (Å²) in [6.45, 7) is 0. The van der Waals surface area contributed by atoms with Gasteiger partial charge in [-0.2, -0.15) is 61.5 Å². The third kappa shape index (κ3) is 5.72. The minimum Gasteiger partial charge on any atom is -0.193 e. The fourth-order valence-electron chi connectivity index (χ4n) is 3.75. The molecule has 0 amide bonds. The van der Waals surface area contributed by atoms with Gasteiger partial charge in [-0.05, 0) is 60.7 Å². The Morgan fingerprint density at radius 1 is 0.289 bits per heavy atom. The van der Waals surface area contributed by atoms with Crippen molar-refractivity contribution < 1.29 is 61.5 Å². The van der Waals surface area contributed by atoms with E-state index in [0.29, 0.717) is 41.4 Å². The summed E-state index contributed by atoms with van der Waals surface area (Å²) in [6, 6.07) is 12.5. The lowest BCUT2D eigenvalue weighted by Gasteiger charge is -2.27. The van der Waals surface area contributed by atoms with E-state index in [2.05, 4.69) is 0 Å². The van der Waals surface area contributed by atoms with E-state index in [4.69, 9.17) is 0 Å². The molecule has 0 aliphatic heterocycles. The van der Waals surface area contributed by atoms with Crippen LogP contribution in [0.3, 0.4) is 0 Å². The van der Waals surface area contributed by atoms with Crippen molar-refractivity contribution in [2.24, 2.45) is 0 Å². The van der Waals surface area contributed by atoms with Gasteiger partial charge >= 0.3 is 36.0 Å². The lowest BCUT2D eigenvalue weighted by molar-refractivity contribution is -0.358. The van der Waals surface area contributed by atoms with E-state index < -0.39 is 45.8 Å². The fourth-order valence-corrected chi connectivity index (χ4v) is 9.16. The van der Waals surface area contributed by atoms with Crippen LogP contribution in [0.15, 0.2) is 60.7 Å². The second kappa shape index (κ2) is 11.1. The minimum atomic E-state index is -6.47. The normalized spacial score (nSPS) is 14.0. The SMILES string of the molecule is FC(F)(F)C(F)(F)C(F)(F)c1ccc(-c2ccc(-c3ccc(-c4ccc(-c5ccc(C(F)(F)C(F)(F)C(F)(F)F)s5)s4)s3)s2)s1. The van der Waals surface area contributed by atoms with E-state index in [-0.39, 0.29) is 32.4 Å². The molecule has 45 heavy (non-hydrogen) atoms. The van der Waals surface area contributed by atoms with Crippen LogP contribution in [0.1, 0.15) is 9.75 Å². The Labute approximate surface area is 262 Å². The predicted molar refractivity (Wildman–Crippen MR) is 147 cm³/mol. The second-order valence-corrected chi connectivity index (χ2v) is 14.5. The average molecular weight is 749 g/mol. The molecule has 0 saturated carbocycles. The Kier molecular flexibility index (Phi) is 8.32. The van der Waals surface area contributed by atoms with Crippen molar-refractivity contribution in [3.05, 3.63) is 70.4 Å². The highest BCUT2D eigenvalue weighted by atomic mass is 32.1. The largest absolute Gasteiger partial charge is 0.460 e. The quantitative estimate of drug-likeness (QED) is 0.139. The fraction of sp³-hybridized carbons (Fsp3) is 0.231. The monoisotopic (exact) mass is 748 g/mol. The molecule has 0 nitrogen and oxygen atoms in total. The molecule has 0 aliphatic carbocycles. The molecule has 5 rings (SSSR count). The first kappa shape index (κ1) is 33.9. The van der Waals surface area contributed by atoms with Gasteiger partial charge in [0.15, 0.2) is 0 Å². The van der Waals surface area contributed by atoms with Crippen LogP contribution >= 0.6 is 56.7 Å². The van der Waals surface area contributed by atoms with Crippen molar-refractivity contribution in [1.29, 1.82) is 0 Å². The molecule has 242 valence electrons. The van der Waals surface area contributed by atoms with Gasteiger partial charge in [0.1, 0.15) is 0 Å². The van der Waals surface area contributed by atoms with Gasteiger partial charge < -0.3 is 0 Å². The molecule has 5 aromatic rings. The minimum absolute atomic E-state index is 0.0347. The molecule has 5 heterocycles. The molecule has 0 bridgehead atoms. The number of alkyl halides is 14. The van der Waals surface area contributed by atoms with Crippen molar-refractivity contribution in [3.8, 4) is 39.0 Å². The summed E-state index contributed by atoms with van der Waals surface area (Å²) >= 11 is 3.53. The Morgan fingerprint density at radius 2 is 0.489 bits per heavy atom. The summed E-state index contributed by atoms with van der Waals surface area (Å²) < 4.78 is 185. The van der Waals surface area contributed by atoms with E-state index >= 15 is 0 Å². The zero-order valence-electron chi connectivity index (χ0n) is 21.1. The van der Waals surface area contributed by atoms with Gasteiger partial charge in [-0.15, -0.1) is 56.7 Å². The highest BCUT2D eigenvalue weighted by Crippen LogP contribution is 2.56. The van der Waals surface area contributed by atoms with Crippen LogP contribution in [0.5, 0.6) is 0 Å². The maximum Gasteiger partial charge on any atom is 0.460 e. The maximum atomic E-state index is 14.1. The Bertz CT molecular complexity index is 1680. The van der Waals surface area contributed by atoms with E-state index in [1.807, 2.05) is 0 Å². The summed E-state index contributed by atoms with van der Waals surface area (Å²) in [5.74, 6) is -23.5. The van der Waals surface area contributed by atoms with E-state index in [9.17, 15) is 61.5 Å².